The molecular weight excluding hydrogens is 410 g/mol. The van der Waals surface area contributed by atoms with Crippen molar-refractivity contribution in [1.82, 2.24) is 15.1 Å². The van der Waals surface area contributed by atoms with E-state index in [2.05, 4.69) is 24.4 Å². The van der Waals surface area contributed by atoms with Gasteiger partial charge in [-0.1, -0.05) is 60.2 Å². The summed E-state index contributed by atoms with van der Waals surface area (Å²) < 4.78 is 8.17. The smallest absolute Gasteiger partial charge is 0.226 e. The van der Waals surface area contributed by atoms with Crippen LogP contribution in [0.2, 0.25) is 0 Å². The molecule has 0 saturated carbocycles. The second kappa shape index (κ2) is 10.2. The highest BCUT2D eigenvalue weighted by Gasteiger charge is 2.20. The van der Waals surface area contributed by atoms with Crippen molar-refractivity contribution in [3.05, 3.63) is 107 Å². The lowest BCUT2D eigenvalue weighted by Gasteiger charge is -2.12. The van der Waals surface area contributed by atoms with Crippen LogP contribution in [0.1, 0.15) is 34.4 Å². The Morgan fingerprint density at radius 1 is 0.909 bits per heavy atom. The van der Waals surface area contributed by atoms with Crippen LogP contribution in [0.4, 0.5) is 0 Å². The first-order chi connectivity index (χ1) is 16.0. The zero-order chi connectivity index (χ0) is 23.2. The zero-order valence-corrected chi connectivity index (χ0v) is 19.3. The Morgan fingerprint density at radius 3 is 2.39 bits per heavy atom. The molecule has 1 heterocycles. The van der Waals surface area contributed by atoms with Crippen molar-refractivity contribution in [1.29, 1.82) is 0 Å². The van der Waals surface area contributed by atoms with E-state index in [1.54, 1.807) is 0 Å². The van der Waals surface area contributed by atoms with E-state index in [1.165, 1.54) is 5.56 Å². The van der Waals surface area contributed by atoms with Crippen LogP contribution in [0.5, 0.6) is 11.6 Å². The van der Waals surface area contributed by atoms with Gasteiger partial charge in [-0.25, -0.2) is 4.68 Å². The van der Waals surface area contributed by atoms with E-state index < -0.39 is 0 Å². The monoisotopic (exact) mass is 439 g/mol. The molecule has 5 nitrogen and oxygen atoms in total. The highest BCUT2D eigenvalue weighted by Crippen LogP contribution is 2.32. The van der Waals surface area contributed by atoms with Gasteiger partial charge in [0.25, 0.3) is 0 Å². The number of benzene rings is 3. The van der Waals surface area contributed by atoms with Crippen LogP contribution in [0.25, 0.3) is 5.69 Å². The van der Waals surface area contributed by atoms with Crippen LogP contribution in [-0.4, -0.2) is 15.7 Å². The zero-order valence-electron chi connectivity index (χ0n) is 19.3. The summed E-state index contributed by atoms with van der Waals surface area (Å²) in [6.07, 6.45) is 0.900. The van der Waals surface area contributed by atoms with Gasteiger partial charge in [0.2, 0.25) is 11.8 Å². The second-order valence-corrected chi connectivity index (χ2v) is 8.30. The molecule has 0 aliphatic heterocycles. The fraction of sp³-hybridized carbons (Fsp3) is 0.214. The van der Waals surface area contributed by atoms with Crippen molar-refractivity contribution in [2.24, 2.45) is 0 Å². The van der Waals surface area contributed by atoms with Crippen LogP contribution in [0.3, 0.4) is 0 Å². The standard InChI is InChI=1S/C28H29N3O2/c1-20-12-14-25(15-13-20)33-28-26(16-17-27(32)29-19-23-9-5-4-6-10-23)22(3)30-31(28)24-11-7-8-21(2)18-24/h4-15,18H,16-17,19H2,1-3H3,(H,29,32). The molecule has 3 aromatic carbocycles. The van der Waals surface area contributed by atoms with E-state index in [0.29, 0.717) is 25.3 Å². The van der Waals surface area contributed by atoms with Gasteiger partial charge in [0.15, 0.2) is 0 Å². The molecule has 0 saturated heterocycles. The van der Waals surface area contributed by atoms with Crippen molar-refractivity contribution in [3.63, 3.8) is 0 Å². The first kappa shape index (κ1) is 22.3. The van der Waals surface area contributed by atoms with Crippen LogP contribution >= 0.6 is 0 Å². The van der Waals surface area contributed by atoms with Crippen molar-refractivity contribution in [2.75, 3.05) is 0 Å². The third kappa shape index (κ3) is 5.69. The van der Waals surface area contributed by atoms with Crippen LogP contribution < -0.4 is 10.1 Å². The Labute approximate surface area is 195 Å². The molecule has 4 rings (SSSR count). The number of amides is 1. The van der Waals surface area contributed by atoms with Gasteiger partial charge < -0.3 is 10.1 Å². The summed E-state index contributed by atoms with van der Waals surface area (Å²) in [5, 5.41) is 7.77. The molecule has 4 aromatic rings. The number of nitrogens with zero attached hydrogens (tertiary/aromatic N) is 2. The number of nitrogens with one attached hydrogen (secondary N) is 1. The van der Waals surface area contributed by atoms with Gasteiger partial charge in [0.05, 0.1) is 11.4 Å². The number of ether oxygens (including phenoxy) is 1. The van der Waals surface area contributed by atoms with Gasteiger partial charge >= 0.3 is 0 Å². The molecule has 5 heteroatoms. The largest absolute Gasteiger partial charge is 0.439 e. The number of rotatable bonds is 8. The second-order valence-electron chi connectivity index (χ2n) is 8.30. The molecule has 1 N–H and O–H groups in total. The fourth-order valence-corrected chi connectivity index (χ4v) is 3.71. The van der Waals surface area contributed by atoms with E-state index in [1.807, 2.05) is 85.3 Å². The molecule has 0 fully saturated rings. The molecule has 33 heavy (non-hydrogen) atoms. The van der Waals surface area contributed by atoms with Crippen molar-refractivity contribution in [2.45, 2.75) is 40.2 Å². The summed E-state index contributed by atoms with van der Waals surface area (Å²) >= 11 is 0. The lowest BCUT2D eigenvalue weighted by Crippen LogP contribution is -2.23. The minimum absolute atomic E-state index is 0.00263. The number of aryl methyl sites for hydroxylation is 3. The average molecular weight is 440 g/mol. The lowest BCUT2D eigenvalue weighted by molar-refractivity contribution is -0.121. The predicted octanol–water partition coefficient (Wildman–Crippen LogP) is 5.84. The maximum atomic E-state index is 12.6. The average Bonchev–Trinajstić information content (AvgIpc) is 3.13. The molecule has 0 radical (unpaired) electrons. The number of hydrogen-bond acceptors (Lipinski definition) is 3. The lowest BCUT2D eigenvalue weighted by atomic mass is 10.1. The van der Waals surface area contributed by atoms with E-state index in [-0.39, 0.29) is 5.91 Å². The van der Waals surface area contributed by atoms with Crippen molar-refractivity contribution in [3.8, 4) is 17.3 Å². The normalized spacial score (nSPS) is 10.8. The first-order valence-electron chi connectivity index (χ1n) is 11.2. The quantitative estimate of drug-likeness (QED) is 0.375. The highest BCUT2D eigenvalue weighted by molar-refractivity contribution is 5.76. The van der Waals surface area contributed by atoms with E-state index >= 15 is 0 Å². The Balaban J connectivity index is 1.57. The fourth-order valence-electron chi connectivity index (χ4n) is 3.71. The number of aromatic nitrogens is 2. The van der Waals surface area contributed by atoms with Crippen LogP contribution in [0, 0.1) is 20.8 Å². The summed E-state index contributed by atoms with van der Waals surface area (Å²) in [6, 6.07) is 26.0. The molecule has 0 bridgehead atoms. The Kier molecular flexibility index (Phi) is 6.89. The topological polar surface area (TPSA) is 56.1 Å². The van der Waals surface area contributed by atoms with Crippen LogP contribution in [0.15, 0.2) is 78.9 Å². The molecular formula is C28H29N3O2. The third-order valence-corrected chi connectivity index (χ3v) is 5.55. The Hall–Kier alpha value is -3.86. The van der Waals surface area contributed by atoms with Crippen molar-refractivity contribution >= 4 is 5.91 Å². The summed E-state index contributed by atoms with van der Waals surface area (Å²) in [5.41, 5.74) is 6.11. The molecule has 0 unspecified atom stereocenters. The number of hydrogen-bond donors (Lipinski definition) is 1. The number of carbonyl (C=O) groups excluding carboxylic acids is 1. The Morgan fingerprint density at radius 2 is 1.67 bits per heavy atom. The van der Waals surface area contributed by atoms with E-state index in [4.69, 9.17) is 9.84 Å². The molecule has 0 atom stereocenters. The summed E-state index contributed by atoms with van der Waals surface area (Å²) in [7, 11) is 0. The van der Waals surface area contributed by atoms with Gasteiger partial charge in [-0.05, 0) is 62.6 Å². The molecule has 1 aromatic heterocycles. The molecule has 0 aliphatic carbocycles. The Bertz CT molecular complexity index is 1230. The van der Waals surface area contributed by atoms with Gasteiger partial charge in [-0.3, -0.25) is 4.79 Å². The maximum Gasteiger partial charge on any atom is 0.226 e. The van der Waals surface area contributed by atoms with Crippen molar-refractivity contribution < 1.29 is 9.53 Å². The highest BCUT2D eigenvalue weighted by atomic mass is 16.5. The van der Waals surface area contributed by atoms with Gasteiger partial charge in [-0.15, -0.1) is 0 Å². The third-order valence-electron chi connectivity index (χ3n) is 5.55. The van der Waals surface area contributed by atoms with E-state index in [0.717, 1.165) is 33.8 Å². The minimum Gasteiger partial charge on any atom is -0.439 e. The van der Waals surface area contributed by atoms with Gasteiger partial charge in [-0.2, -0.15) is 5.10 Å². The summed E-state index contributed by atoms with van der Waals surface area (Å²) in [6.45, 7) is 6.59. The first-order valence-corrected chi connectivity index (χ1v) is 11.2. The molecule has 168 valence electrons. The molecule has 0 spiro atoms. The number of carbonyl (C=O) groups is 1. The van der Waals surface area contributed by atoms with Gasteiger partial charge in [0.1, 0.15) is 5.75 Å². The minimum atomic E-state index is 0.00263. The predicted molar refractivity (Wildman–Crippen MR) is 131 cm³/mol. The molecule has 0 aliphatic rings. The SMILES string of the molecule is Cc1ccc(Oc2c(CCC(=O)NCc3ccccc3)c(C)nn2-c2cccc(C)c2)cc1. The van der Waals surface area contributed by atoms with Gasteiger partial charge in [0, 0.05) is 18.5 Å². The molecule has 1 amide bonds. The van der Waals surface area contributed by atoms with Crippen LogP contribution in [-0.2, 0) is 17.8 Å². The van der Waals surface area contributed by atoms with E-state index in [9.17, 15) is 4.79 Å². The maximum absolute atomic E-state index is 12.6. The summed E-state index contributed by atoms with van der Waals surface area (Å²) in [5.74, 6) is 1.39. The summed E-state index contributed by atoms with van der Waals surface area (Å²) in [4.78, 5) is 12.6.